The van der Waals surface area contributed by atoms with Gasteiger partial charge in [-0.1, -0.05) is 24.3 Å². The van der Waals surface area contributed by atoms with E-state index in [1.165, 1.54) is 12.1 Å². The Kier molecular flexibility index (Phi) is 4.58. The zero-order valence-electron chi connectivity index (χ0n) is 11.6. The third kappa shape index (κ3) is 3.08. The number of benzene rings is 2. The average Bonchev–Trinajstić information content (AvgIpc) is 2.46. The highest BCUT2D eigenvalue weighted by molar-refractivity contribution is 5.48. The van der Waals surface area contributed by atoms with Crippen LogP contribution in [-0.2, 0) is 6.42 Å². The minimum atomic E-state index is -0.290. The zero-order chi connectivity index (χ0) is 14.5. The maximum Gasteiger partial charge on any atom is 0.165 e. The summed E-state index contributed by atoms with van der Waals surface area (Å²) in [5, 5.41) is 0. The minimum Gasteiger partial charge on any atom is -0.493 e. The van der Waals surface area contributed by atoms with E-state index >= 15 is 0 Å². The Morgan fingerprint density at radius 3 is 2.50 bits per heavy atom. The minimum absolute atomic E-state index is 0.257. The number of para-hydroxylation sites is 1. The predicted molar refractivity (Wildman–Crippen MR) is 76.6 cm³/mol. The largest absolute Gasteiger partial charge is 0.493 e. The summed E-state index contributed by atoms with van der Waals surface area (Å²) >= 11 is 0. The second-order valence-corrected chi connectivity index (χ2v) is 4.52. The van der Waals surface area contributed by atoms with Gasteiger partial charge in [-0.25, -0.2) is 4.39 Å². The summed E-state index contributed by atoms with van der Waals surface area (Å²) in [6, 6.07) is 11.7. The molecule has 0 saturated heterocycles. The molecule has 2 rings (SSSR count). The van der Waals surface area contributed by atoms with Crippen molar-refractivity contribution in [1.29, 1.82) is 0 Å². The number of methoxy groups -OCH3 is 2. The van der Waals surface area contributed by atoms with E-state index in [-0.39, 0.29) is 11.9 Å². The molecule has 2 aromatic rings. The molecule has 4 heteroatoms. The third-order valence-electron chi connectivity index (χ3n) is 3.18. The van der Waals surface area contributed by atoms with Crippen LogP contribution in [0.2, 0.25) is 0 Å². The van der Waals surface area contributed by atoms with Crippen LogP contribution in [0.5, 0.6) is 11.5 Å². The highest BCUT2D eigenvalue weighted by atomic mass is 19.1. The number of halogens is 1. The van der Waals surface area contributed by atoms with Crippen molar-refractivity contribution in [2.45, 2.75) is 12.5 Å². The van der Waals surface area contributed by atoms with E-state index in [1.54, 1.807) is 20.3 Å². The molecule has 2 aromatic carbocycles. The van der Waals surface area contributed by atoms with Crippen molar-refractivity contribution in [1.82, 2.24) is 0 Å². The van der Waals surface area contributed by atoms with E-state index in [1.807, 2.05) is 24.3 Å². The molecule has 0 spiro atoms. The second-order valence-electron chi connectivity index (χ2n) is 4.52. The Morgan fingerprint density at radius 2 is 1.85 bits per heavy atom. The van der Waals surface area contributed by atoms with Crippen molar-refractivity contribution in [2.24, 2.45) is 5.73 Å². The van der Waals surface area contributed by atoms with Crippen LogP contribution in [0, 0.1) is 5.82 Å². The van der Waals surface area contributed by atoms with Gasteiger partial charge >= 0.3 is 0 Å². The van der Waals surface area contributed by atoms with E-state index in [2.05, 4.69) is 0 Å². The first kappa shape index (κ1) is 14.3. The van der Waals surface area contributed by atoms with Gasteiger partial charge in [-0.05, 0) is 30.2 Å². The van der Waals surface area contributed by atoms with Gasteiger partial charge in [0.05, 0.1) is 14.2 Å². The molecule has 0 aliphatic rings. The van der Waals surface area contributed by atoms with Gasteiger partial charge in [-0.2, -0.15) is 0 Å². The zero-order valence-corrected chi connectivity index (χ0v) is 11.6. The molecule has 106 valence electrons. The molecule has 0 aliphatic carbocycles. The molecular weight excluding hydrogens is 257 g/mol. The summed E-state index contributed by atoms with van der Waals surface area (Å²) in [6.07, 6.45) is 0.529. The van der Waals surface area contributed by atoms with E-state index in [0.717, 1.165) is 11.1 Å². The first-order valence-corrected chi connectivity index (χ1v) is 6.36. The monoisotopic (exact) mass is 275 g/mol. The summed E-state index contributed by atoms with van der Waals surface area (Å²) < 4.78 is 23.8. The molecule has 0 heterocycles. The van der Waals surface area contributed by atoms with Crippen LogP contribution in [0.3, 0.4) is 0 Å². The van der Waals surface area contributed by atoms with Crippen molar-refractivity contribution < 1.29 is 13.9 Å². The Labute approximate surface area is 118 Å². The molecular formula is C16H18FNO2. The van der Waals surface area contributed by atoms with Crippen molar-refractivity contribution >= 4 is 0 Å². The fraction of sp³-hybridized carbons (Fsp3) is 0.250. The topological polar surface area (TPSA) is 44.5 Å². The predicted octanol–water partition coefficient (Wildman–Crippen LogP) is 3.09. The Balaban J connectivity index is 2.27. The first-order valence-electron chi connectivity index (χ1n) is 6.36. The molecule has 20 heavy (non-hydrogen) atoms. The smallest absolute Gasteiger partial charge is 0.165 e. The Morgan fingerprint density at radius 1 is 1.10 bits per heavy atom. The summed E-state index contributed by atoms with van der Waals surface area (Å²) in [6.45, 7) is 0. The van der Waals surface area contributed by atoms with Crippen molar-refractivity contribution in [3.8, 4) is 11.5 Å². The summed E-state index contributed by atoms with van der Waals surface area (Å²) in [4.78, 5) is 0. The number of hydrogen-bond donors (Lipinski definition) is 1. The van der Waals surface area contributed by atoms with Gasteiger partial charge in [0.1, 0.15) is 5.82 Å². The molecule has 0 bridgehead atoms. The summed E-state index contributed by atoms with van der Waals surface area (Å²) in [7, 11) is 3.16. The Bertz CT molecular complexity index is 586. The van der Waals surface area contributed by atoms with Crippen LogP contribution in [0.4, 0.5) is 4.39 Å². The van der Waals surface area contributed by atoms with Crippen molar-refractivity contribution in [3.05, 3.63) is 59.4 Å². The van der Waals surface area contributed by atoms with Crippen LogP contribution in [0.25, 0.3) is 0 Å². The lowest BCUT2D eigenvalue weighted by atomic mass is 9.98. The van der Waals surface area contributed by atoms with E-state index in [4.69, 9.17) is 15.2 Å². The lowest BCUT2D eigenvalue weighted by Gasteiger charge is -2.18. The fourth-order valence-electron chi connectivity index (χ4n) is 2.23. The van der Waals surface area contributed by atoms with Crippen molar-refractivity contribution in [3.63, 3.8) is 0 Å². The van der Waals surface area contributed by atoms with Crippen LogP contribution in [-0.4, -0.2) is 14.2 Å². The number of nitrogens with two attached hydrogens (primary N) is 1. The van der Waals surface area contributed by atoms with Crippen LogP contribution in [0.1, 0.15) is 17.2 Å². The molecule has 0 radical (unpaired) electrons. The molecule has 1 unspecified atom stereocenters. The van der Waals surface area contributed by atoms with Gasteiger partial charge in [-0.3, -0.25) is 0 Å². The van der Waals surface area contributed by atoms with Crippen molar-refractivity contribution in [2.75, 3.05) is 14.2 Å². The van der Waals surface area contributed by atoms with Gasteiger partial charge in [0.2, 0.25) is 0 Å². The fourth-order valence-corrected chi connectivity index (χ4v) is 2.23. The third-order valence-corrected chi connectivity index (χ3v) is 3.18. The lowest BCUT2D eigenvalue weighted by molar-refractivity contribution is 0.349. The SMILES string of the molecule is COc1cccc(C(N)Cc2cccc(F)c2)c1OC. The van der Waals surface area contributed by atoms with E-state index in [9.17, 15) is 4.39 Å². The van der Waals surface area contributed by atoms with Gasteiger partial charge in [0.15, 0.2) is 11.5 Å². The molecule has 1 atom stereocenters. The van der Waals surface area contributed by atoms with E-state index < -0.39 is 0 Å². The van der Waals surface area contributed by atoms with Crippen LogP contribution in [0.15, 0.2) is 42.5 Å². The first-order chi connectivity index (χ1) is 9.65. The summed E-state index contributed by atoms with van der Waals surface area (Å²) in [5.41, 5.74) is 7.91. The molecule has 0 aliphatic heterocycles. The highest BCUT2D eigenvalue weighted by Gasteiger charge is 2.16. The molecule has 2 N–H and O–H groups in total. The van der Waals surface area contributed by atoms with Gasteiger partial charge in [-0.15, -0.1) is 0 Å². The van der Waals surface area contributed by atoms with Crippen LogP contribution < -0.4 is 15.2 Å². The number of ether oxygens (including phenoxy) is 2. The molecule has 0 fully saturated rings. The second kappa shape index (κ2) is 6.39. The summed E-state index contributed by atoms with van der Waals surface area (Å²) in [5.74, 6) is 1.01. The maximum atomic E-state index is 13.2. The van der Waals surface area contributed by atoms with E-state index in [0.29, 0.717) is 17.9 Å². The van der Waals surface area contributed by atoms with Gasteiger partial charge in [0, 0.05) is 11.6 Å². The number of hydrogen-bond acceptors (Lipinski definition) is 3. The van der Waals surface area contributed by atoms with Crippen LogP contribution >= 0.6 is 0 Å². The number of rotatable bonds is 5. The van der Waals surface area contributed by atoms with Gasteiger partial charge < -0.3 is 15.2 Å². The van der Waals surface area contributed by atoms with Gasteiger partial charge in [0.25, 0.3) is 0 Å². The standard InChI is InChI=1S/C16H18FNO2/c1-19-15-8-4-7-13(16(15)20-2)14(18)10-11-5-3-6-12(17)9-11/h3-9,14H,10,18H2,1-2H3. The Hall–Kier alpha value is -2.07. The molecule has 0 amide bonds. The maximum absolute atomic E-state index is 13.2. The molecule has 3 nitrogen and oxygen atoms in total. The molecule has 0 saturated carbocycles. The lowest BCUT2D eigenvalue weighted by Crippen LogP contribution is -2.15. The normalized spacial score (nSPS) is 12.0. The molecule has 0 aromatic heterocycles. The quantitative estimate of drug-likeness (QED) is 0.912. The highest BCUT2D eigenvalue weighted by Crippen LogP contribution is 2.34. The average molecular weight is 275 g/mol.